The van der Waals surface area contributed by atoms with Crippen molar-refractivity contribution >= 4 is 29.1 Å². The third-order valence-corrected chi connectivity index (χ3v) is 5.36. The molecule has 0 radical (unpaired) electrons. The van der Waals surface area contributed by atoms with Gasteiger partial charge in [-0.1, -0.05) is 23.7 Å². The highest BCUT2D eigenvalue weighted by atomic mass is 35.5. The van der Waals surface area contributed by atoms with Crippen LogP contribution in [0.2, 0.25) is 5.02 Å². The van der Waals surface area contributed by atoms with Crippen LogP contribution in [0.3, 0.4) is 0 Å². The second kappa shape index (κ2) is 10.1. The van der Waals surface area contributed by atoms with Crippen LogP contribution < -0.4 is 9.47 Å². The molecule has 32 heavy (non-hydrogen) atoms. The van der Waals surface area contributed by atoms with E-state index in [2.05, 4.69) is 0 Å². The van der Waals surface area contributed by atoms with Gasteiger partial charge in [-0.15, -0.1) is 0 Å². The van der Waals surface area contributed by atoms with E-state index in [0.717, 1.165) is 0 Å². The lowest BCUT2D eigenvalue weighted by Gasteiger charge is -2.25. The standard InChI is InChI=1S/C24H26ClNO6/c1-14(2)32-17-8-5-15(6-9-17)21-20(23(28)24(29)26(21)11-12-30-3)22(27)16-7-10-19(31-4)18(25)13-16/h5-10,13-14,21,27H,11-12H2,1-4H3/b22-20-. The highest BCUT2D eigenvalue weighted by Gasteiger charge is 2.45. The molecule has 1 aliphatic rings. The Morgan fingerprint density at radius 2 is 1.81 bits per heavy atom. The Bertz CT molecular complexity index is 1030. The molecule has 0 spiro atoms. The maximum atomic E-state index is 13.0. The molecule has 0 aromatic heterocycles. The summed E-state index contributed by atoms with van der Waals surface area (Å²) in [5.74, 6) is -0.672. The van der Waals surface area contributed by atoms with Crippen LogP contribution in [-0.2, 0) is 14.3 Å². The zero-order chi connectivity index (χ0) is 23.4. The summed E-state index contributed by atoms with van der Waals surface area (Å²) >= 11 is 6.20. The smallest absolute Gasteiger partial charge is 0.295 e. The normalized spacial score (nSPS) is 17.8. The fourth-order valence-corrected chi connectivity index (χ4v) is 3.87. The molecule has 3 rings (SSSR count). The Balaban J connectivity index is 2.11. The van der Waals surface area contributed by atoms with E-state index < -0.39 is 17.7 Å². The number of amides is 1. The SMILES string of the molecule is COCCN1C(=O)C(=O)/C(=C(\O)c2ccc(OC)c(Cl)c2)C1c1ccc(OC(C)C)cc1. The van der Waals surface area contributed by atoms with Gasteiger partial charge in [0, 0.05) is 19.2 Å². The van der Waals surface area contributed by atoms with Crippen molar-refractivity contribution in [3.63, 3.8) is 0 Å². The minimum absolute atomic E-state index is 0.00742. The van der Waals surface area contributed by atoms with Crippen LogP contribution in [0.25, 0.3) is 5.76 Å². The van der Waals surface area contributed by atoms with Gasteiger partial charge in [0.1, 0.15) is 17.3 Å². The predicted octanol–water partition coefficient (Wildman–Crippen LogP) is 4.20. The molecule has 1 aliphatic heterocycles. The lowest BCUT2D eigenvalue weighted by molar-refractivity contribution is -0.140. The van der Waals surface area contributed by atoms with E-state index in [1.165, 1.54) is 25.2 Å². The number of carbonyl (C=O) groups excluding carboxylic acids is 2. The molecule has 1 atom stereocenters. The van der Waals surface area contributed by atoms with Crippen LogP contribution in [-0.4, -0.2) is 55.2 Å². The largest absolute Gasteiger partial charge is 0.507 e. The van der Waals surface area contributed by atoms with Crippen molar-refractivity contribution in [3.8, 4) is 11.5 Å². The minimum Gasteiger partial charge on any atom is -0.507 e. The third-order valence-electron chi connectivity index (χ3n) is 5.07. The number of ketones is 1. The Hall–Kier alpha value is -3.03. The quantitative estimate of drug-likeness (QED) is 0.361. The number of methoxy groups -OCH3 is 2. The summed E-state index contributed by atoms with van der Waals surface area (Å²) in [6, 6.07) is 11.0. The van der Waals surface area contributed by atoms with Crippen molar-refractivity contribution < 1.29 is 28.9 Å². The summed E-state index contributed by atoms with van der Waals surface area (Å²) in [6.07, 6.45) is 0.00742. The van der Waals surface area contributed by atoms with Gasteiger partial charge in [0.25, 0.3) is 11.7 Å². The average molecular weight is 460 g/mol. The number of likely N-dealkylation sites (tertiary alicyclic amines) is 1. The van der Waals surface area contributed by atoms with E-state index in [1.54, 1.807) is 36.4 Å². The zero-order valence-electron chi connectivity index (χ0n) is 18.4. The van der Waals surface area contributed by atoms with Crippen molar-refractivity contribution in [1.29, 1.82) is 0 Å². The van der Waals surface area contributed by atoms with E-state index in [-0.39, 0.29) is 35.6 Å². The van der Waals surface area contributed by atoms with E-state index in [4.69, 9.17) is 25.8 Å². The molecule has 8 heteroatoms. The second-order valence-corrected chi connectivity index (χ2v) is 7.98. The number of hydrogen-bond acceptors (Lipinski definition) is 6. The number of aliphatic hydroxyl groups is 1. The van der Waals surface area contributed by atoms with Crippen LogP contribution in [0.15, 0.2) is 48.0 Å². The van der Waals surface area contributed by atoms with Crippen LogP contribution >= 0.6 is 11.6 Å². The van der Waals surface area contributed by atoms with Gasteiger partial charge < -0.3 is 24.2 Å². The molecular weight excluding hydrogens is 434 g/mol. The van der Waals surface area contributed by atoms with Crippen LogP contribution in [0, 0.1) is 0 Å². The number of ether oxygens (including phenoxy) is 3. The molecular formula is C24H26ClNO6. The van der Waals surface area contributed by atoms with Crippen LogP contribution in [0.1, 0.15) is 31.0 Å². The van der Waals surface area contributed by atoms with Gasteiger partial charge in [-0.25, -0.2) is 0 Å². The first kappa shape index (κ1) is 23.6. The number of hydrogen-bond donors (Lipinski definition) is 1. The van der Waals surface area contributed by atoms with Gasteiger partial charge in [-0.2, -0.15) is 0 Å². The first-order valence-corrected chi connectivity index (χ1v) is 10.5. The van der Waals surface area contributed by atoms with E-state index >= 15 is 0 Å². The van der Waals surface area contributed by atoms with Crippen molar-refractivity contribution in [2.45, 2.75) is 26.0 Å². The molecule has 2 aromatic rings. The molecule has 0 aliphatic carbocycles. The van der Waals surface area contributed by atoms with Crippen LogP contribution in [0.5, 0.6) is 11.5 Å². The fraction of sp³-hybridized carbons (Fsp3) is 0.333. The summed E-state index contributed by atoms with van der Waals surface area (Å²) in [5, 5.41) is 11.3. The lowest BCUT2D eigenvalue weighted by atomic mass is 9.95. The first-order valence-electron chi connectivity index (χ1n) is 10.2. The molecule has 0 bridgehead atoms. The van der Waals surface area contributed by atoms with Gasteiger partial charge in [0.05, 0.1) is 36.5 Å². The maximum absolute atomic E-state index is 13.0. The summed E-state index contributed by atoms with van der Waals surface area (Å²) < 4.78 is 16.0. The minimum atomic E-state index is -0.779. The molecule has 2 aromatic carbocycles. The molecule has 0 saturated carbocycles. The Morgan fingerprint density at radius 3 is 2.38 bits per heavy atom. The molecule has 1 amide bonds. The number of aliphatic hydroxyl groups excluding tert-OH is 1. The number of Topliss-reactive ketones (excluding diaryl/α,β-unsaturated/α-hetero) is 1. The summed E-state index contributed by atoms with van der Waals surface area (Å²) in [6.45, 7) is 4.28. The zero-order valence-corrected chi connectivity index (χ0v) is 19.2. The molecule has 1 fully saturated rings. The summed E-state index contributed by atoms with van der Waals surface area (Å²) in [7, 11) is 3.00. The van der Waals surface area contributed by atoms with Crippen molar-refractivity contribution in [2.75, 3.05) is 27.4 Å². The number of benzene rings is 2. The van der Waals surface area contributed by atoms with E-state index in [9.17, 15) is 14.7 Å². The Labute approximate surface area is 192 Å². The Kier molecular flexibility index (Phi) is 7.43. The lowest BCUT2D eigenvalue weighted by Crippen LogP contribution is -2.32. The first-order chi connectivity index (χ1) is 15.3. The maximum Gasteiger partial charge on any atom is 0.295 e. The van der Waals surface area contributed by atoms with E-state index in [1.807, 2.05) is 13.8 Å². The molecule has 1 heterocycles. The number of carbonyl (C=O) groups is 2. The summed E-state index contributed by atoms with van der Waals surface area (Å²) in [4.78, 5) is 27.2. The third kappa shape index (κ3) is 4.74. The monoisotopic (exact) mass is 459 g/mol. The molecule has 170 valence electrons. The highest BCUT2D eigenvalue weighted by molar-refractivity contribution is 6.46. The molecule has 7 nitrogen and oxygen atoms in total. The topological polar surface area (TPSA) is 85.3 Å². The van der Waals surface area contributed by atoms with Gasteiger partial charge in [0.15, 0.2) is 0 Å². The van der Waals surface area contributed by atoms with Crippen molar-refractivity contribution in [1.82, 2.24) is 4.90 Å². The summed E-state index contributed by atoms with van der Waals surface area (Å²) in [5.41, 5.74) is 0.965. The van der Waals surface area contributed by atoms with Gasteiger partial charge in [-0.05, 0) is 49.7 Å². The average Bonchev–Trinajstić information content (AvgIpc) is 3.02. The van der Waals surface area contributed by atoms with Gasteiger partial charge >= 0.3 is 0 Å². The number of rotatable bonds is 8. The second-order valence-electron chi connectivity index (χ2n) is 7.57. The number of halogens is 1. The number of nitrogens with zero attached hydrogens (tertiary/aromatic N) is 1. The van der Waals surface area contributed by atoms with Crippen molar-refractivity contribution in [2.24, 2.45) is 0 Å². The fourth-order valence-electron chi connectivity index (χ4n) is 3.62. The Morgan fingerprint density at radius 1 is 1.12 bits per heavy atom. The van der Waals surface area contributed by atoms with Gasteiger partial charge in [-0.3, -0.25) is 9.59 Å². The highest BCUT2D eigenvalue weighted by Crippen LogP contribution is 2.40. The van der Waals surface area contributed by atoms with Crippen LogP contribution in [0.4, 0.5) is 0 Å². The van der Waals surface area contributed by atoms with Gasteiger partial charge in [0.2, 0.25) is 0 Å². The molecule has 1 saturated heterocycles. The van der Waals surface area contributed by atoms with E-state index in [0.29, 0.717) is 22.6 Å². The molecule has 1 unspecified atom stereocenters. The molecule has 1 N–H and O–H groups in total. The predicted molar refractivity (Wildman–Crippen MR) is 121 cm³/mol. The van der Waals surface area contributed by atoms with Crippen molar-refractivity contribution in [3.05, 3.63) is 64.2 Å².